The van der Waals surface area contributed by atoms with E-state index in [0.29, 0.717) is 25.7 Å². The largest absolute Gasteiger partial charge is 0.472 e. The maximum atomic E-state index is 13.0. The fourth-order valence-corrected chi connectivity index (χ4v) is 11.9. The zero-order valence-electron chi connectivity index (χ0n) is 58.8. The normalized spacial score (nSPS) is 14.9. The van der Waals surface area contributed by atoms with Crippen molar-refractivity contribution in [3.63, 3.8) is 0 Å². The molecule has 17 nitrogen and oxygen atoms in total. The Kier molecular flexibility index (Phi) is 60.7. The summed E-state index contributed by atoms with van der Waals surface area (Å²) in [7, 11) is -9.92. The van der Waals surface area contributed by atoms with Crippen LogP contribution in [-0.4, -0.2) is 96.7 Å². The highest BCUT2D eigenvalue weighted by Crippen LogP contribution is 2.45. The molecule has 0 aromatic carbocycles. The smallest absolute Gasteiger partial charge is 0.462 e. The van der Waals surface area contributed by atoms with Gasteiger partial charge < -0.3 is 33.8 Å². The molecule has 0 aliphatic carbocycles. The average molecular weight is 1340 g/mol. The molecule has 0 aromatic heterocycles. The second-order valence-electron chi connectivity index (χ2n) is 26.3. The summed E-state index contributed by atoms with van der Waals surface area (Å²) in [5, 5.41) is 10.6. The van der Waals surface area contributed by atoms with Gasteiger partial charge in [-0.2, -0.15) is 0 Å². The van der Waals surface area contributed by atoms with Gasteiger partial charge in [-0.05, 0) is 69.1 Å². The lowest BCUT2D eigenvalue weighted by Crippen LogP contribution is -2.30. The molecule has 0 saturated heterocycles. The maximum Gasteiger partial charge on any atom is 0.472 e. The van der Waals surface area contributed by atoms with E-state index >= 15 is 0 Å². The van der Waals surface area contributed by atoms with Crippen molar-refractivity contribution in [3.8, 4) is 0 Å². The van der Waals surface area contributed by atoms with Gasteiger partial charge in [-0.15, -0.1) is 0 Å². The van der Waals surface area contributed by atoms with E-state index in [1.165, 1.54) is 122 Å². The zero-order valence-corrected chi connectivity index (χ0v) is 60.6. The Labute approximate surface area is 554 Å². The lowest BCUT2D eigenvalue weighted by atomic mass is 9.99. The summed E-state index contributed by atoms with van der Waals surface area (Å²) in [6.45, 7) is 11.8. The lowest BCUT2D eigenvalue weighted by Gasteiger charge is -2.21. The molecule has 7 atom stereocenters. The zero-order chi connectivity index (χ0) is 67.3. The number of rotatable bonds is 68. The van der Waals surface area contributed by atoms with Crippen LogP contribution < -0.4 is 0 Å². The summed E-state index contributed by atoms with van der Waals surface area (Å²) in [5.74, 6) is 0.108. The Hall–Kier alpha value is -2.46. The topological polar surface area (TPSA) is 237 Å². The van der Waals surface area contributed by atoms with Crippen LogP contribution in [0.4, 0.5) is 0 Å². The third-order valence-electron chi connectivity index (χ3n) is 16.7. The highest BCUT2D eigenvalue weighted by atomic mass is 31.2. The van der Waals surface area contributed by atoms with Crippen molar-refractivity contribution in [1.29, 1.82) is 0 Å². The fourth-order valence-electron chi connectivity index (χ4n) is 10.3. The second kappa shape index (κ2) is 62.4. The first kappa shape index (κ1) is 88.5. The molecule has 0 rings (SSSR count). The number of hydrogen-bond donors (Lipinski definition) is 3. The molecule has 0 bridgehead atoms. The molecule has 3 N–H and O–H groups in total. The molecule has 0 aromatic rings. The van der Waals surface area contributed by atoms with Gasteiger partial charge in [-0.1, -0.05) is 285 Å². The van der Waals surface area contributed by atoms with E-state index in [1.54, 1.807) is 0 Å². The quantitative estimate of drug-likeness (QED) is 0.0169. The number of esters is 4. The molecular formula is C72H136O17P2. The molecular weight excluding hydrogens is 1200 g/mol. The Morgan fingerprint density at radius 2 is 0.648 bits per heavy atom. The van der Waals surface area contributed by atoms with Gasteiger partial charge in [0.25, 0.3) is 0 Å². The Balaban J connectivity index is 5.29. The van der Waals surface area contributed by atoms with Crippen molar-refractivity contribution >= 4 is 39.5 Å². The summed E-state index contributed by atoms with van der Waals surface area (Å²) in [6.07, 6.45) is 49.3. The molecule has 0 heterocycles. The van der Waals surface area contributed by atoms with E-state index < -0.39 is 97.5 Å². The molecule has 536 valence electrons. The predicted molar refractivity (Wildman–Crippen MR) is 367 cm³/mol. The van der Waals surface area contributed by atoms with Crippen molar-refractivity contribution in [2.75, 3.05) is 39.6 Å². The van der Waals surface area contributed by atoms with E-state index in [1.807, 2.05) is 0 Å². The minimum atomic E-state index is -4.96. The predicted octanol–water partition coefficient (Wildman–Crippen LogP) is 20.2. The number of carbonyl (C=O) groups is 4. The number of unbranched alkanes of at least 4 members (excludes halogenated alkanes) is 31. The first-order valence-corrected chi connectivity index (χ1v) is 39.7. The van der Waals surface area contributed by atoms with Gasteiger partial charge in [0.1, 0.15) is 19.3 Å². The standard InChI is InChI=1S/C72H136O17P2/c1-8-11-12-13-14-15-16-17-18-19-20-26-31-39-46-53-69(74)82-59-67(88-72(77)56-49-42-33-28-23-24-29-36-43-50-63(4)5)61-86-90(78,79)84-57-66(73)58-85-91(80,81)87-62-68(60-83-70(75)54-47-40-35-34-38-45-52-65(7)10-3)89-71(76)55-48-41-32-27-22-21-25-30-37-44-51-64(6)9-2/h15-18,63-68,73H,8-14,19-62H2,1-7H3,(H,78,79)(H,80,81)/b16-15-,18-17-/t64?,65?,66-,67-,68-/m1/s1. The fraction of sp³-hybridized carbons (Fsp3) is 0.889. The van der Waals surface area contributed by atoms with E-state index in [4.69, 9.17) is 37.0 Å². The van der Waals surface area contributed by atoms with Crippen LogP contribution in [-0.2, 0) is 65.4 Å². The molecule has 0 aliphatic rings. The minimum absolute atomic E-state index is 0.0979. The minimum Gasteiger partial charge on any atom is -0.462 e. The van der Waals surface area contributed by atoms with Gasteiger partial charge in [0.2, 0.25) is 0 Å². The van der Waals surface area contributed by atoms with Gasteiger partial charge in [0.05, 0.1) is 26.4 Å². The van der Waals surface area contributed by atoms with Crippen LogP contribution in [0.1, 0.15) is 337 Å². The second-order valence-corrected chi connectivity index (χ2v) is 29.2. The first-order valence-electron chi connectivity index (χ1n) is 36.7. The number of phosphoric ester groups is 2. The van der Waals surface area contributed by atoms with Gasteiger partial charge in [-0.25, -0.2) is 9.13 Å². The van der Waals surface area contributed by atoms with Crippen molar-refractivity contribution in [3.05, 3.63) is 24.3 Å². The lowest BCUT2D eigenvalue weighted by molar-refractivity contribution is -0.161. The highest BCUT2D eigenvalue weighted by molar-refractivity contribution is 7.47. The maximum absolute atomic E-state index is 13.0. The number of hydrogen-bond acceptors (Lipinski definition) is 15. The van der Waals surface area contributed by atoms with Crippen LogP contribution >= 0.6 is 15.6 Å². The molecule has 0 spiro atoms. The molecule has 0 saturated carbocycles. The third-order valence-corrected chi connectivity index (χ3v) is 18.6. The first-order chi connectivity index (χ1) is 43.8. The Morgan fingerprint density at radius 1 is 0.363 bits per heavy atom. The molecule has 19 heteroatoms. The number of ether oxygens (including phenoxy) is 4. The number of carbonyl (C=O) groups excluding carboxylic acids is 4. The van der Waals surface area contributed by atoms with Gasteiger partial charge in [0.15, 0.2) is 12.2 Å². The van der Waals surface area contributed by atoms with Crippen LogP contribution in [0.15, 0.2) is 24.3 Å². The van der Waals surface area contributed by atoms with Crippen LogP contribution in [0, 0.1) is 17.8 Å². The van der Waals surface area contributed by atoms with Crippen LogP contribution in [0.25, 0.3) is 0 Å². The van der Waals surface area contributed by atoms with Crippen molar-refractivity contribution < 1.29 is 80.2 Å². The molecule has 0 radical (unpaired) electrons. The highest BCUT2D eigenvalue weighted by Gasteiger charge is 2.30. The van der Waals surface area contributed by atoms with Gasteiger partial charge >= 0.3 is 39.5 Å². The molecule has 0 amide bonds. The molecule has 0 aliphatic heterocycles. The van der Waals surface area contributed by atoms with E-state index in [-0.39, 0.29) is 25.7 Å². The van der Waals surface area contributed by atoms with Gasteiger partial charge in [0, 0.05) is 25.7 Å². The van der Waals surface area contributed by atoms with Crippen molar-refractivity contribution in [2.24, 2.45) is 17.8 Å². The van der Waals surface area contributed by atoms with E-state index in [0.717, 1.165) is 133 Å². The summed E-state index contributed by atoms with van der Waals surface area (Å²) < 4.78 is 68.3. The SMILES string of the molecule is CCCCCC/C=C\C=C/CCCCCCCC(=O)OC[C@H](COP(=O)(O)OC[C@@H](O)COP(=O)(O)OC[C@@H](COC(=O)CCCCCCCCC(C)CC)OC(=O)CCCCCCCCCCCCC(C)CC)OC(=O)CCCCCCCCCCCC(C)C. The Bertz CT molecular complexity index is 1880. The van der Waals surface area contributed by atoms with Crippen LogP contribution in [0.5, 0.6) is 0 Å². The molecule has 4 unspecified atom stereocenters. The number of aliphatic hydroxyl groups is 1. The summed E-state index contributed by atoms with van der Waals surface area (Å²) in [6, 6.07) is 0. The van der Waals surface area contributed by atoms with E-state index in [2.05, 4.69) is 72.8 Å². The van der Waals surface area contributed by atoms with Crippen molar-refractivity contribution in [2.45, 2.75) is 356 Å². The molecule has 91 heavy (non-hydrogen) atoms. The summed E-state index contributed by atoms with van der Waals surface area (Å²) in [5.41, 5.74) is 0. The summed E-state index contributed by atoms with van der Waals surface area (Å²) in [4.78, 5) is 72.6. The van der Waals surface area contributed by atoms with E-state index in [9.17, 15) is 43.2 Å². The number of phosphoric acid groups is 2. The number of aliphatic hydroxyl groups excluding tert-OH is 1. The molecule has 0 fully saturated rings. The summed E-state index contributed by atoms with van der Waals surface area (Å²) >= 11 is 0. The number of allylic oxidation sites excluding steroid dienone is 4. The van der Waals surface area contributed by atoms with Crippen molar-refractivity contribution in [1.82, 2.24) is 0 Å². The third kappa shape index (κ3) is 63.4. The van der Waals surface area contributed by atoms with Gasteiger partial charge in [-0.3, -0.25) is 37.3 Å². The van der Waals surface area contributed by atoms with Crippen LogP contribution in [0.3, 0.4) is 0 Å². The monoisotopic (exact) mass is 1330 g/mol. The van der Waals surface area contributed by atoms with Crippen LogP contribution in [0.2, 0.25) is 0 Å². The Morgan fingerprint density at radius 3 is 0.978 bits per heavy atom. The average Bonchev–Trinajstić information content (AvgIpc) is 3.67.